The molecule has 0 aliphatic carbocycles. The molecule has 606 valence electrons. The number of phenols is 1. The van der Waals surface area contributed by atoms with Gasteiger partial charge in [-0.15, -0.1) is 0 Å². The molecular formula is C78H110N20O14. The molecule has 4 aromatic carbocycles. The predicted molar refractivity (Wildman–Crippen MR) is 420 cm³/mol. The molecule has 0 spiro atoms. The van der Waals surface area contributed by atoms with Crippen molar-refractivity contribution in [2.75, 3.05) is 65.7 Å². The van der Waals surface area contributed by atoms with Gasteiger partial charge in [0, 0.05) is 112 Å². The van der Waals surface area contributed by atoms with Crippen molar-refractivity contribution in [3.63, 3.8) is 0 Å². The number of amides is 10. The lowest BCUT2D eigenvalue weighted by Gasteiger charge is -2.26. The Labute approximate surface area is 653 Å². The van der Waals surface area contributed by atoms with Crippen LogP contribution in [-0.2, 0) is 89.7 Å². The summed E-state index contributed by atoms with van der Waals surface area (Å²) in [6.45, 7) is 22.8. The number of carbonyl (C=O) groups is 10. The number of imidazole rings is 2. The summed E-state index contributed by atoms with van der Waals surface area (Å²) in [7, 11) is 0. The molecule has 0 unspecified atom stereocenters. The highest BCUT2D eigenvalue weighted by Crippen LogP contribution is 2.21. The van der Waals surface area contributed by atoms with Gasteiger partial charge in [-0.1, -0.05) is 98.6 Å². The van der Waals surface area contributed by atoms with Crippen molar-refractivity contribution in [3.8, 4) is 11.5 Å². The minimum absolute atomic E-state index is 0.0471. The Hall–Kier alpha value is -11.9. The van der Waals surface area contributed by atoms with E-state index in [0.29, 0.717) is 30.8 Å². The lowest BCUT2D eigenvalue weighted by Crippen LogP contribution is -2.58. The van der Waals surface area contributed by atoms with Crippen LogP contribution in [0.5, 0.6) is 11.5 Å². The zero-order chi connectivity index (χ0) is 82.3. The molecule has 2 heterocycles. The number of nitrogens with zero attached hydrogens (tertiary/aromatic N) is 8. The zero-order valence-electron chi connectivity index (χ0n) is 65.8. The summed E-state index contributed by atoms with van der Waals surface area (Å²) in [6, 6.07) is 18.5. The first-order chi connectivity index (χ1) is 53.5. The molecule has 10 amide bonds. The average molecular weight is 1550 g/mol. The number of aryl methyl sites for hydroxylation is 2. The number of H-pyrrole nitrogens is 2. The van der Waals surface area contributed by atoms with Gasteiger partial charge in [-0.25, -0.2) is 9.97 Å². The maximum atomic E-state index is 13.7. The minimum Gasteiger partial charge on any atom is -0.508 e. The van der Waals surface area contributed by atoms with Crippen molar-refractivity contribution >= 4 is 59.1 Å². The maximum Gasteiger partial charge on any atom is 0.243 e. The number of rotatable bonds is 45. The number of benzene rings is 4. The molecule has 0 fully saturated rings. The lowest BCUT2D eigenvalue weighted by molar-refractivity contribution is -0.135. The monoisotopic (exact) mass is 1550 g/mol. The second-order valence-corrected chi connectivity index (χ2v) is 27.4. The number of aromatic hydroxyl groups is 1. The number of azide groups is 2. The second-order valence-electron chi connectivity index (χ2n) is 27.4. The molecule has 13 N–H and O–H groups in total. The van der Waals surface area contributed by atoms with Crippen LogP contribution in [0.2, 0.25) is 0 Å². The number of nitrogens with one attached hydrogen (secondary N) is 12. The summed E-state index contributed by atoms with van der Waals surface area (Å²) >= 11 is 0. The molecular weight excluding hydrogens is 1440 g/mol. The molecule has 34 nitrogen and oxygen atoms in total. The number of carbonyl (C=O) groups excluding carboxylic acids is 10. The Morgan fingerprint density at radius 2 is 0.875 bits per heavy atom. The highest BCUT2D eigenvalue weighted by Gasteiger charge is 2.34. The van der Waals surface area contributed by atoms with Crippen molar-refractivity contribution in [1.82, 2.24) is 73.1 Å². The minimum atomic E-state index is -1.28. The molecule has 6 atom stereocenters. The molecule has 6 rings (SSSR count). The van der Waals surface area contributed by atoms with Crippen molar-refractivity contribution in [1.29, 1.82) is 0 Å². The van der Waals surface area contributed by atoms with Crippen LogP contribution in [0, 0.1) is 46.5 Å². The largest absolute Gasteiger partial charge is 0.508 e. The molecule has 0 saturated heterocycles. The number of aromatic nitrogens is 4. The van der Waals surface area contributed by atoms with Crippen LogP contribution in [0.4, 0.5) is 0 Å². The van der Waals surface area contributed by atoms with Gasteiger partial charge < -0.3 is 82.5 Å². The first kappa shape index (κ1) is 92.5. The standard InChI is InChI=1S/C37H50N10O7.C30H44N10O7.C11H16/c1-25(2)19-31(45-37(52)32(44-26(3)48)20-27-9-11-30(12-10-27)54-23-28-7-5-4-6-8-28)36(51)46-33(35(50)41-15-17-53-18-16-43-47-38)21-34(49)40-14-13-29-22-39-24-42-29;1-19(2)14-24(38-30(46)25(37-20(3)41)15-21-4-6-23(42)7-5-21)29(45)39-26(28(44)34-10-12-47-13-11-36-40-31)16-27(43)33-9-8-22-17-32-18-35-22;1-7-6-8(2)10(4)11(5)9(7)3/h4-12,22,24-25,31-33H,13-21,23H2,1-3H3,(H,39,42)(H,40,49)(H,41,50)(H,44,48)(H,45,52)(H,46,51);4-7,17-19,24-26,42H,8-16H2,1-3H3,(H,32,35)(H,33,43)(H,34,44)(H,37,41)(H,38,46)(H,39,45);6H,1-5H3/t31-,32+,33+;24-,25+,26+;/m11./s1. The lowest BCUT2D eigenvalue weighted by atomic mass is 9.96. The summed E-state index contributed by atoms with van der Waals surface area (Å²) in [6.07, 6.45) is 7.15. The third-order valence-electron chi connectivity index (χ3n) is 17.3. The number of ether oxygens (including phenoxy) is 3. The van der Waals surface area contributed by atoms with Gasteiger partial charge in [0.25, 0.3) is 0 Å². The highest BCUT2D eigenvalue weighted by molar-refractivity contribution is 5.97. The fourth-order valence-electron chi connectivity index (χ4n) is 11.1. The molecule has 2 aromatic heterocycles. The Kier molecular flexibility index (Phi) is 42.6. The normalized spacial score (nSPS) is 12.3. The maximum absolute atomic E-state index is 13.7. The van der Waals surface area contributed by atoms with E-state index < -0.39 is 95.3 Å². The van der Waals surface area contributed by atoms with E-state index in [1.807, 2.05) is 58.0 Å². The third kappa shape index (κ3) is 37.5. The van der Waals surface area contributed by atoms with Crippen molar-refractivity contribution in [3.05, 3.63) is 187 Å². The number of hydrogen-bond acceptors (Lipinski definition) is 18. The van der Waals surface area contributed by atoms with Gasteiger partial charge in [0.15, 0.2) is 0 Å². The van der Waals surface area contributed by atoms with Crippen LogP contribution in [0.3, 0.4) is 0 Å². The summed E-state index contributed by atoms with van der Waals surface area (Å²) in [5.74, 6) is -5.11. The summed E-state index contributed by atoms with van der Waals surface area (Å²) in [4.78, 5) is 150. The molecule has 34 heteroatoms. The van der Waals surface area contributed by atoms with E-state index in [1.54, 1.807) is 48.8 Å². The van der Waals surface area contributed by atoms with Gasteiger partial charge in [-0.05, 0) is 139 Å². The topological polar surface area (TPSA) is 494 Å². The van der Waals surface area contributed by atoms with E-state index in [9.17, 15) is 53.1 Å². The molecule has 0 radical (unpaired) electrons. The molecule has 6 aromatic rings. The van der Waals surface area contributed by atoms with Gasteiger partial charge in [-0.2, -0.15) is 0 Å². The van der Waals surface area contributed by atoms with Crippen LogP contribution in [-0.4, -0.2) is 186 Å². The molecule has 0 saturated carbocycles. The Morgan fingerprint density at radius 1 is 0.473 bits per heavy atom. The predicted octanol–water partition coefficient (Wildman–Crippen LogP) is 5.84. The SMILES string of the molecule is CC(=O)N[C@@H](Cc1ccc(O)cc1)C(=O)N[C@H](CC(C)C)C(=O)N[C@@H](CC(=O)NCCc1cnc[nH]1)C(=O)NCCOCCN=[N+]=[N-].CC(=O)N[C@@H](Cc1ccc(OCc2ccccc2)cc1)C(=O)N[C@H](CC(C)C)C(=O)N[C@@H](CC(=O)NCCc1cnc[nH]1)C(=O)NCCOCCN=[N+]=[N-].Cc1cc(C)c(C)c(C)c1C. The van der Waals surface area contributed by atoms with Crippen LogP contribution >= 0.6 is 0 Å². The zero-order valence-corrected chi connectivity index (χ0v) is 65.8. The van der Waals surface area contributed by atoms with E-state index >= 15 is 0 Å². The van der Waals surface area contributed by atoms with Crippen LogP contribution < -0.4 is 57.9 Å². The quantitative estimate of drug-likeness (QED) is 0.00924. The number of aromatic amines is 2. The summed E-state index contributed by atoms with van der Waals surface area (Å²) in [5.41, 5.74) is 27.9. The Morgan fingerprint density at radius 3 is 1.26 bits per heavy atom. The molecule has 0 aliphatic rings. The van der Waals surface area contributed by atoms with Gasteiger partial charge in [0.2, 0.25) is 59.1 Å². The van der Waals surface area contributed by atoms with Crippen molar-refractivity contribution in [2.45, 2.75) is 170 Å². The van der Waals surface area contributed by atoms with E-state index in [1.165, 1.54) is 66.5 Å². The van der Waals surface area contributed by atoms with E-state index in [-0.39, 0.29) is 122 Å². The first-order valence-corrected chi connectivity index (χ1v) is 37.1. The van der Waals surface area contributed by atoms with Crippen LogP contribution in [0.1, 0.15) is 123 Å². The second kappa shape index (κ2) is 51.5. The smallest absolute Gasteiger partial charge is 0.243 e. The van der Waals surface area contributed by atoms with Gasteiger partial charge in [0.05, 0.1) is 51.9 Å². The molecule has 112 heavy (non-hydrogen) atoms. The van der Waals surface area contributed by atoms with E-state index in [2.05, 4.69) is 134 Å². The Bertz CT molecular complexity index is 3990. The average Bonchev–Trinajstić information content (AvgIpc) is 0.873. The summed E-state index contributed by atoms with van der Waals surface area (Å²) < 4.78 is 16.5. The summed E-state index contributed by atoms with van der Waals surface area (Å²) in [5, 5.41) is 43.1. The molecule has 0 aliphatic heterocycles. The number of phenolic OH excluding ortho intramolecular Hbond substituents is 1. The van der Waals surface area contributed by atoms with Gasteiger partial charge in [0.1, 0.15) is 54.4 Å². The van der Waals surface area contributed by atoms with Gasteiger partial charge >= 0.3 is 0 Å². The fourth-order valence-corrected chi connectivity index (χ4v) is 11.1. The highest BCUT2D eigenvalue weighted by atomic mass is 16.5. The third-order valence-corrected chi connectivity index (χ3v) is 17.3. The fraction of sp³-hybridized carbons (Fsp3) is 0.487. The number of hydrogen-bond donors (Lipinski definition) is 13. The van der Waals surface area contributed by atoms with Crippen molar-refractivity contribution < 1.29 is 67.3 Å². The van der Waals surface area contributed by atoms with E-state index in [4.69, 9.17) is 25.3 Å². The van der Waals surface area contributed by atoms with Crippen LogP contribution in [0.15, 0.2) is 120 Å². The van der Waals surface area contributed by atoms with Crippen molar-refractivity contribution in [2.24, 2.45) is 22.1 Å². The molecule has 0 bridgehead atoms. The van der Waals surface area contributed by atoms with Gasteiger partial charge in [-0.3, -0.25) is 47.9 Å². The first-order valence-electron chi connectivity index (χ1n) is 37.1. The van der Waals surface area contributed by atoms with E-state index in [0.717, 1.165) is 22.5 Å². The Balaban J connectivity index is 0.000000417. The van der Waals surface area contributed by atoms with Crippen LogP contribution in [0.25, 0.3) is 20.9 Å².